The number of ether oxygens (including phenoxy) is 4. The largest absolute Gasteiger partial charge is 0.497 e. The van der Waals surface area contributed by atoms with E-state index in [0.29, 0.717) is 45.4 Å². The van der Waals surface area contributed by atoms with E-state index >= 15 is 0 Å². The summed E-state index contributed by atoms with van der Waals surface area (Å²) in [5.74, 6) is 2.34. The van der Waals surface area contributed by atoms with Crippen molar-refractivity contribution in [1.82, 2.24) is 20.1 Å². The molecular weight excluding hydrogens is 534 g/mol. The van der Waals surface area contributed by atoms with Crippen LogP contribution in [0, 0.1) is 0 Å². The molecule has 0 bridgehead atoms. The fraction of sp³-hybridized carbons (Fsp3) is 0.214. The fourth-order valence-corrected chi connectivity index (χ4v) is 4.38. The van der Waals surface area contributed by atoms with Gasteiger partial charge in [0.2, 0.25) is 5.91 Å². The normalized spacial score (nSPS) is 10.5. The van der Waals surface area contributed by atoms with Gasteiger partial charge in [0.1, 0.15) is 23.0 Å². The summed E-state index contributed by atoms with van der Waals surface area (Å²) < 4.78 is 23.4. The summed E-state index contributed by atoms with van der Waals surface area (Å²) in [6.45, 7) is -0.100. The summed E-state index contributed by atoms with van der Waals surface area (Å²) in [5, 5.41) is 14.7. The maximum Gasteiger partial charge on any atom is 0.258 e. The first kappa shape index (κ1) is 28.3. The van der Waals surface area contributed by atoms with Crippen molar-refractivity contribution in [2.24, 2.45) is 0 Å². The Bertz CT molecular complexity index is 1430. The Kier molecular flexibility index (Phi) is 9.83. The number of amides is 2. The van der Waals surface area contributed by atoms with Gasteiger partial charge in [-0.1, -0.05) is 30.0 Å². The molecule has 0 aliphatic rings. The number of hydrogen-bond acceptors (Lipinski definition) is 9. The molecule has 2 amide bonds. The van der Waals surface area contributed by atoms with Gasteiger partial charge in [-0.25, -0.2) is 0 Å². The number of carbonyl (C=O) groups is 2. The summed E-state index contributed by atoms with van der Waals surface area (Å²) in [5.41, 5.74) is 1.23. The molecule has 0 aliphatic heterocycles. The SMILES string of the molecule is COc1ccc(NC(=O)CSc2nnc(CNC(=O)COc3ccccc3)n2-c2cc(OC)ccc2OC)cc1. The third-order valence-corrected chi connectivity index (χ3v) is 6.52. The van der Waals surface area contributed by atoms with Crippen molar-refractivity contribution in [2.75, 3.05) is 39.0 Å². The highest BCUT2D eigenvalue weighted by molar-refractivity contribution is 7.99. The molecule has 12 heteroatoms. The highest BCUT2D eigenvalue weighted by Gasteiger charge is 2.20. The van der Waals surface area contributed by atoms with Crippen LogP contribution in [0.3, 0.4) is 0 Å². The van der Waals surface area contributed by atoms with Crippen LogP contribution in [0.15, 0.2) is 78.0 Å². The van der Waals surface area contributed by atoms with Gasteiger partial charge in [-0.2, -0.15) is 0 Å². The van der Waals surface area contributed by atoms with Crippen LogP contribution >= 0.6 is 11.8 Å². The molecule has 1 aromatic heterocycles. The molecule has 0 radical (unpaired) electrons. The second kappa shape index (κ2) is 13.9. The molecule has 0 saturated carbocycles. The van der Waals surface area contributed by atoms with Gasteiger partial charge in [0.05, 0.1) is 39.3 Å². The molecule has 0 unspecified atom stereocenters. The van der Waals surface area contributed by atoms with E-state index < -0.39 is 0 Å². The lowest BCUT2D eigenvalue weighted by atomic mass is 10.2. The topological polar surface area (TPSA) is 126 Å². The molecular formula is C28H29N5O6S. The number of para-hydroxylation sites is 1. The molecule has 2 N–H and O–H groups in total. The quantitative estimate of drug-likeness (QED) is 0.234. The zero-order chi connectivity index (χ0) is 28.3. The lowest BCUT2D eigenvalue weighted by Crippen LogP contribution is -2.29. The van der Waals surface area contributed by atoms with Crippen molar-refractivity contribution in [2.45, 2.75) is 11.7 Å². The van der Waals surface area contributed by atoms with Crippen LogP contribution in [0.5, 0.6) is 23.0 Å². The number of anilines is 1. The minimum absolute atomic E-state index is 0.0585. The zero-order valence-electron chi connectivity index (χ0n) is 22.2. The van der Waals surface area contributed by atoms with Gasteiger partial charge in [-0.05, 0) is 48.5 Å². The van der Waals surface area contributed by atoms with Gasteiger partial charge in [0.15, 0.2) is 17.6 Å². The van der Waals surface area contributed by atoms with E-state index in [9.17, 15) is 9.59 Å². The van der Waals surface area contributed by atoms with E-state index in [-0.39, 0.29) is 30.7 Å². The van der Waals surface area contributed by atoms with Crippen LogP contribution in [0.1, 0.15) is 5.82 Å². The first-order chi connectivity index (χ1) is 19.5. The average molecular weight is 564 g/mol. The van der Waals surface area contributed by atoms with E-state index in [1.54, 1.807) is 80.5 Å². The number of hydrogen-bond donors (Lipinski definition) is 2. The monoisotopic (exact) mass is 563 g/mol. The average Bonchev–Trinajstić information content (AvgIpc) is 3.41. The van der Waals surface area contributed by atoms with Crippen molar-refractivity contribution < 1.29 is 28.5 Å². The molecule has 0 fully saturated rings. The van der Waals surface area contributed by atoms with Crippen molar-refractivity contribution in [3.63, 3.8) is 0 Å². The Morgan fingerprint density at radius 3 is 2.25 bits per heavy atom. The van der Waals surface area contributed by atoms with Crippen molar-refractivity contribution in [3.05, 3.63) is 78.6 Å². The predicted molar refractivity (Wildman–Crippen MR) is 151 cm³/mol. The third-order valence-electron chi connectivity index (χ3n) is 5.59. The molecule has 4 rings (SSSR count). The van der Waals surface area contributed by atoms with Crippen LogP contribution in [0.4, 0.5) is 5.69 Å². The number of thioether (sulfide) groups is 1. The van der Waals surface area contributed by atoms with E-state index in [0.717, 1.165) is 0 Å². The third kappa shape index (κ3) is 7.44. The zero-order valence-corrected chi connectivity index (χ0v) is 23.1. The number of nitrogens with zero attached hydrogens (tertiary/aromatic N) is 3. The van der Waals surface area contributed by atoms with E-state index in [1.165, 1.54) is 11.8 Å². The Morgan fingerprint density at radius 2 is 1.55 bits per heavy atom. The predicted octanol–water partition coefficient (Wildman–Crippen LogP) is 3.72. The smallest absolute Gasteiger partial charge is 0.258 e. The van der Waals surface area contributed by atoms with Crippen LogP contribution in [-0.4, -0.2) is 60.3 Å². The standard InChI is InChI=1S/C28H29N5O6S/c1-36-20-11-9-19(10-12-20)30-27(35)18-40-28-32-31-25(16-29-26(34)17-39-21-7-5-4-6-8-21)33(28)23-15-22(37-2)13-14-24(23)38-3/h4-15H,16-18H2,1-3H3,(H,29,34)(H,30,35). The molecule has 11 nitrogen and oxygen atoms in total. The molecule has 208 valence electrons. The van der Waals surface area contributed by atoms with Gasteiger partial charge in [0, 0.05) is 11.8 Å². The molecule has 40 heavy (non-hydrogen) atoms. The first-order valence-corrected chi connectivity index (χ1v) is 13.2. The molecule has 1 heterocycles. The highest BCUT2D eigenvalue weighted by atomic mass is 32.2. The number of rotatable bonds is 13. The van der Waals surface area contributed by atoms with Gasteiger partial charge < -0.3 is 29.6 Å². The molecule has 4 aromatic rings. The van der Waals surface area contributed by atoms with E-state index in [4.69, 9.17) is 18.9 Å². The lowest BCUT2D eigenvalue weighted by molar-refractivity contribution is -0.123. The highest BCUT2D eigenvalue weighted by Crippen LogP contribution is 2.32. The van der Waals surface area contributed by atoms with Crippen LogP contribution < -0.4 is 29.6 Å². The summed E-state index contributed by atoms with van der Waals surface area (Å²) in [6.07, 6.45) is 0. The number of methoxy groups -OCH3 is 3. The number of carbonyl (C=O) groups excluding carboxylic acids is 2. The molecule has 3 aromatic carbocycles. The summed E-state index contributed by atoms with van der Waals surface area (Å²) >= 11 is 1.19. The Labute approximate surface area is 235 Å². The van der Waals surface area contributed by atoms with Gasteiger partial charge in [-0.15, -0.1) is 10.2 Å². The van der Waals surface area contributed by atoms with Crippen LogP contribution in [0.2, 0.25) is 0 Å². The van der Waals surface area contributed by atoms with Crippen LogP contribution in [-0.2, 0) is 16.1 Å². The van der Waals surface area contributed by atoms with Crippen molar-refractivity contribution in [3.8, 4) is 28.7 Å². The molecule has 0 saturated heterocycles. The van der Waals surface area contributed by atoms with Gasteiger partial charge >= 0.3 is 0 Å². The molecule has 0 atom stereocenters. The summed E-state index contributed by atoms with van der Waals surface area (Å²) in [6, 6.07) is 21.4. The minimum atomic E-state index is -0.330. The second-order valence-electron chi connectivity index (χ2n) is 8.22. The van der Waals surface area contributed by atoms with Crippen molar-refractivity contribution in [1.29, 1.82) is 0 Å². The molecule has 0 aliphatic carbocycles. The number of nitrogens with one attached hydrogen (secondary N) is 2. The van der Waals surface area contributed by atoms with Crippen molar-refractivity contribution >= 4 is 29.3 Å². The number of aromatic nitrogens is 3. The van der Waals surface area contributed by atoms with Crippen LogP contribution in [0.25, 0.3) is 5.69 Å². The minimum Gasteiger partial charge on any atom is -0.497 e. The summed E-state index contributed by atoms with van der Waals surface area (Å²) in [4.78, 5) is 25.2. The maximum atomic E-state index is 12.7. The Hall–Kier alpha value is -4.71. The Balaban J connectivity index is 1.50. The van der Waals surface area contributed by atoms with E-state index in [1.807, 2.05) is 18.2 Å². The van der Waals surface area contributed by atoms with Gasteiger partial charge in [-0.3, -0.25) is 14.2 Å². The number of benzene rings is 3. The molecule has 0 spiro atoms. The maximum absolute atomic E-state index is 12.7. The second-order valence-corrected chi connectivity index (χ2v) is 9.16. The summed E-state index contributed by atoms with van der Waals surface area (Å²) in [7, 11) is 4.69. The fourth-order valence-electron chi connectivity index (χ4n) is 3.62. The van der Waals surface area contributed by atoms with E-state index in [2.05, 4.69) is 20.8 Å². The first-order valence-electron chi connectivity index (χ1n) is 12.2. The lowest BCUT2D eigenvalue weighted by Gasteiger charge is -2.15. The Morgan fingerprint density at radius 1 is 0.825 bits per heavy atom. The van der Waals surface area contributed by atoms with Gasteiger partial charge in [0.25, 0.3) is 5.91 Å².